The van der Waals surface area contributed by atoms with Crippen molar-refractivity contribution < 1.29 is 9.18 Å². The number of anilines is 3. The van der Waals surface area contributed by atoms with Gasteiger partial charge in [0.2, 0.25) is 0 Å². The molecule has 2 N–H and O–H groups in total. The highest BCUT2D eigenvalue weighted by Gasteiger charge is 2.31. The van der Waals surface area contributed by atoms with Crippen molar-refractivity contribution >= 4 is 28.9 Å². The van der Waals surface area contributed by atoms with Crippen LogP contribution in [0.25, 0.3) is 5.65 Å². The van der Waals surface area contributed by atoms with Crippen LogP contribution < -0.4 is 20.4 Å². The van der Waals surface area contributed by atoms with Crippen molar-refractivity contribution in [3.63, 3.8) is 0 Å². The first-order valence-electron chi connectivity index (χ1n) is 11.7. The second-order valence-electron chi connectivity index (χ2n) is 8.89. The lowest BCUT2D eigenvalue weighted by atomic mass is 10.1. The second kappa shape index (κ2) is 8.97. The van der Waals surface area contributed by atoms with Crippen molar-refractivity contribution in [2.45, 2.75) is 45.6 Å². The molecule has 0 radical (unpaired) electrons. The number of hydrogen-bond acceptors (Lipinski definition) is 5. The maximum atomic E-state index is 14.4. The predicted octanol–water partition coefficient (Wildman–Crippen LogP) is 3.74. The molecule has 0 unspecified atom stereocenters. The normalized spacial score (nSPS) is 18.1. The number of nitrogens with zero attached hydrogens (tertiary/aromatic N) is 5. The molecule has 3 aromatic rings. The first-order chi connectivity index (χ1) is 16.0. The minimum atomic E-state index is -0.473. The number of nitrogens with one attached hydrogen (secondary N) is 2. The summed E-state index contributed by atoms with van der Waals surface area (Å²) in [6.07, 6.45) is 9.53. The van der Waals surface area contributed by atoms with Crippen LogP contribution in [0.3, 0.4) is 0 Å². The Kier molecular flexibility index (Phi) is 5.88. The predicted molar refractivity (Wildman–Crippen MR) is 128 cm³/mol. The number of unbranched alkanes of at least 4 members (excludes halogenated alkanes) is 1. The van der Waals surface area contributed by atoms with Gasteiger partial charge in [-0.2, -0.15) is 0 Å². The number of halogens is 1. The molecule has 5 heterocycles. The summed E-state index contributed by atoms with van der Waals surface area (Å²) in [6.45, 7) is 7.43. The summed E-state index contributed by atoms with van der Waals surface area (Å²) < 4.78 is 16.0. The number of fused-ring (bicyclic) bond motifs is 2. The molecule has 2 amide bonds. The molecule has 9 heteroatoms. The van der Waals surface area contributed by atoms with E-state index in [1.54, 1.807) is 34.8 Å². The van der Waals surface area contributed by atoms with Gasteiger partial charge in [0.15, 0.2) is 11.5 Å². The highest BCUT2D eigenvalue weighted by atomic mass is 19.1. The van der Waals surface area contributed by atoms with Crippen LogP contribution >= 0.6 is 0 Å². The third kappa shape index (κ3) is 4.25. The van der Waals surface area contributed by atoms with Gasteiger partial charge in [-0.1, -0.05) is 19.8 Å². The van der Waals surface area contributed by atoms with Crippen LogP contribution in [-0.2, 0) is 6.42 Å². The molecule has 2 aliphatic heterocycles. The Morgan fingerprint density at radius 2 is 2.21 bits per heavy atom. The van der Waals surface area contributed by atoms with Crippen molar-refractivity contribution in [2.75, 3.05) is 41.3 Å². The third-order valence-corrected chi connectivity index (χ3v) is 6.47. The summed E-state index contributed by atoms with van der Waals surface area (Å²) in [5.41, 5.74) is 3.62. The fourth-order valence-corrected chi connectivity index (χ4v) is 4.89. The number of carbonyl (C=O) groups excluding carboxylic acids is 1. The van der Waals surface area contributed by atoms with E-state index in [1.807, 2.05) is 0 Å². The smallest absolute Gasteiger partial charge is 0.327 e. The summed E-state index contributed by atoms with van der Waals surface area (Å²) in [7, 11) is 0. The van der Waals surface area contributed by atoms with Crippen LogP contribution in [0.1, 0.15) is 37.4 Å². The van der Waals surface area contributed by atoms with Crippen LogP contribution in [0, 0.1) is 12.7 Å². The van der Waals surface area contributed by atoms with Crippen LogP contribution in [0.15, 0.2) is 30.7 Å². The zero-order valence-corrected chi connectivity index (χ0v) is 19.1. The van der Waals surface area contributed by atoms with Crippen molar-refractivity contribution in [3.05, 3.63) is 47.8 Å². The number of carbonyl (C=O) groups is 1. The zero-order valence-electron chi connectivity index (χ0n) is 19.1. The van der Waals surface area contributed by atoms with E-state index in [9.17, 15) is 9.18 Å². The van der Waals surface area contributed by atoms with Gasteiger partial charge in [-0.15, -0.1) is 0 Å². The van der Waals surface area contributed by atoms with Crippen LogP contribution in [-0.4, -0.2) is 52.6 Å². The summed E-state index contributed by atoms with van der Waals surface area (Å²) in [4.78, 5) is 25.9. The second-order valence-corrected chi connectivity index (χ2v) is 8.89. The molecule has 0 spiro atoms. The van der Waals surface area contributed by atoms with Crippen LogP contribution in [0.4, 0.5) is 26.4 Å². The SMILES string of the molecule is CCCC[C@H]1CN(c2ccnc3c2CCN3C(=O)Nc2cc(F)c3nc(C)cn3c2)CCN1. The number of imidazole rings is 1. The molecule has 1 fully saturated rings. The van der Waals surface area contributed by atoms with Crippen molar-refractivity contribution in [3.8, 4) is 0 Å². The average Bonchev–Trinajstić information content (AvgIpc) is 3.41. The molecule has 0 aromatic carbocycles. The number of pyridine rings is 2. The molecular formula is C24H30FN7O. The number of piperazine rings is 1. The Morgan fingerprint density at radius 1 is 1.33 bits per heavy atom. The molecule has 1 atom stereocenters. The van der Waals surface area contributed by atoms with Gasteiger partial charge in [0, 0.05) is 68.1 Å². The maximum absolute atomic E-state index is 14.4. The average molecular weight is 452 g/mol. The highest BCUT2D eigenvalue weighted by Crippen LogP contribution is 2.34. The van der Waals surface area contributed by atoms with Crippen molar-refractivity contribution in [2.24, 2.45) is 0 Å². The summed E-state index contributed by atoms with van der Waals surface area (Å²) in [6, 6.07) is 3.54. The molecule has 174 valence electrons. The minimum Gasteiger partial charge on any atom is -0.368 e. The summed E-state index contributed by atoms with van der Waals surface area (Å²) >= 11 is 0. The van der Waals surface area contributed by atoms with Crippen molar-refractivity contribution in [1.82, 2.24) is 19.7 Å². The number of hydrogen-bond donors (Lipinski definition) is 2. The topological polar surface area (TPSA) is 77.8 Å². The molecule has 2 aliphatic rings. The van der Waals surface area contributed by atoms with E-state index in [0.717, 1.165) is 31.6 Å². The number of rotatable bonds is 5. The summed E-state index contributed by atoms with van der Waals surface area (Å²) in [5.74, 6) is 0.216. The molecule has 3 aromatic heterocycles. The molecule has 1 saturated heterocycles. The first-order valence-corrected chi connectivity index (χ1v) is 11.7. The summed E-state index contributed by atoms with van der Waals surface area (Å²) in [5, 5.41) is 6.46. The standard InChI is InChI=1S/C24H30FN7O/c1-3-4-5-17-14-30(11-9-26-17)21-6-8-27-22-19(21)7-10-32(22)24(33)29-18-12-20(25)23-28-16(2)13-31(23)15-18/h6,8,12-13,15,17,26H,3-5,7,9-11,14H2,1-2H3,(H,29,33)/t17-/m0/s1. The molecule has 0 saturated carbocycles. The third-order valence-electron chi connectivity index (χ3n) is 6.47. The Hall–Kier alpha value is -3.20. The van der Waals surface area contributed by atoms with Gasteiger partial charge in [0.1, 0.15) is 5.82 Å². The molecule has 33 heavy (non-hydrogen) atoms. The van der Waals surface area contributed by atoms with Gasteiger partial charge in [0.05, 0.1) is 11.4 Å². The molecule has 0 bridgehead atoms. The largest absolute Gasteiger partial charge is 0.368 e. The molecule has 5 rings (SSSR count). The highest BCUT2D eigenvalue weighted by molar-refractivity contribution is 6.03. The van der Waals surface area contributed by atoms with E-state index < -0.39 is 5.82 Å². The van der Waals surface area contributed by atoms with E-state index in [1.165, 1.54) is 31.0 Å². The fraction of sp³-hybridized carbons (Fsp3) is 0.458. The van der Waals surface area contributed by atoms with Crippen LogP contribution in [0.5, 0.6) is 0 Å². The lowest BCUT2D eigenvalue weighted by Crippen LogP contribution is -2.51. The van der Waals surface area contributed by atoms with Gasteiger partial charge in [-0.3, -0.25) is 4.90 Å². The first kappa shape index (κ1) is 21.6. The molecular weight excluding hydrogens is 421 g/mol. The number of aryl methyl sites for hydroxylation is 1. The van der Waals surface area contributed by atoms with E-state index >= 15 is 0 Å². The van der Waals surface area contributed by atoms with Gasteiger partial charge >= 0.3 is 6.03 Å². The van der Waals surface area contributed by atoms with E-state index in [0.29, 0.717) is 29.8 Å². The van der Waals surface area contributed by atoms with Gasteiger partial charge < -0.3 is 19.9 Å². The zero-order chi connectivity index (χ0) is 22.9. The Morgan fingerprint density at radius 3 is 3.06 bits per heavy atom. The number of amides is 2. The van der Waals surface area contributed by atoms with Crippen LogP contribution in [0.2, 0.25) is 0 Å². The molecule has 8 nitrogen and oxygen atoms in total. The van der Waals surface area contributed by atoms with Gasteiger partial charge in [-0.05, 0) is 25.8 Å². The quantitative estimate of drug-likeness (QED) is 0.618. The van der Waals surface area contributed by atoms with Gasteiger partial charge in [0.25, 0.3) is 0 Å². The molecule has 0 aliphatic carbocycles. The fourth-order valence-electron chi connectivity index (χ4n) is 4.89. The van der Waals surface area contributed by atoms with E-state index in [-0.39, 0.29) is 11.7 Å². The Balaban J connectivity index is 1.34. The minimum absolute atomic E-state index is 0.247. The van der Waals surface area contributed by atoms with E-state index in [4.69, 9.17) is 0 Å². The van der Waals surface area contributed by atoms with E-state index in [2.05, 4.69) is 38.5 Å². The number of aromatic nitrogens is 3. The lowest BCUT2D eigenvalue weighted by molar-refractivity contribution is 0.257. The Labute approximate surface area is 192 Å². The maximum Gasteiger partial charge on any atom is 0.327 e. The number of urea groups is 1. The monoisotopic (exact) mass is 451 g/mol. The Bertz CT molecular complexity index is 1180. The van der Waals surface area contributed by atoms with Gasteiger partial charge in [-0.25, -0.2) is 19.2 Å². The lowest BCUT2D eigenvalue weighted by Gasteiger charge is -2.36. The van der Waals surface area contributed by atoms with Crippen molar-refractivity contribution in [1.29, 1.82) is 0 Å².